The zero-order chi connectivity index (χ0) is 33.1. The third kappa shape index (κ3) is 6.33. The Morgan fingerprint density at radius 2 is 1.81 bits per heavy atom. The summed E-state index contributed by atoms with van der Waals surface area (Å²) in [5.74, 6) is 0.0370. The van der Waals surface area contributed by atoms with Crippen molar-refractivity contribution >= 4 is 45.8 Å². The number of ether oxygens (including phenoxy) is 3. The van der Waals surface area contributed by atoms with Gasteiger partial charge in [0.1, 0.15) is 30.0 Å². The van der Waals surface area contributed by atoms with E-state index >= 15 is 0 Å². The number of fused-ring (bicyclic) bond motifs is 2. The SMILES string of the molecule is CCCC1=C(C(=O)OCC)[C@@H](c2cc(Cl)ccc2OC)n2c(s/c(=C/c3c(OCc4ccccc4F)ccc4ccccc34)c2=O)=N1. The highest BCUT2D eigenvalue weighted by Gasteiger charge is 2.36. The molecular weight excluding hydrogens is 639 g/mol. The van der Waals surface area contributed by atoms with Crippen LogP contribution in [0.2, 0.25) is 5.02 Å². The molecule has 1 aliphatic heterocycles. The first-order valence-electron chi connectivity index (χ1n) is 15.3. The summed E-state index contributed by atoms with van der Waals surface area (Å²) >= 11 is 7.69. The lowest BCUT2D eigenvalue weighted by Gasteiger charge is -2.27. The lowest BCUT2D eigenvalue weighted by molar-refractivity contribution is -0.139. The standard InChI is InChI=1S/C37H32ClFN2O5S/c1-4-10-29-33(36(43)45-5-2)34(27-19-24(38)16-18-30(27)44-3)41-35(42)32(47-37(41)40-29)20-26-25-13-8-6-11-22(25)15-17-31(26)46-21-23-12-7-9-14-28(23)39/h6-9,11-20,34H,4-5,10,21H2,1-3H3/b32-20+/t34-/m1/s1. The van der Waals surface area contributed by atoms with Crippen LogP contribution < -0.4 is 24.4 Å². The van der Waals surface area contributed by atoms with Crippen molar-refractivity contribution in [1.29, 1.82) is 0 Å². The molecule has 2 heterocycles. The Balaban J connectivity index is 1.59. The van der Waals surface area contributed by atoms with Crippen molar-refractivity contribution in [3.63, 3.8) is 0 Å². The Morgan fingerprint density at radius 3 is 2.57 bits per heavy atom. The van der Waals surface area contributed by atoms with Gasteiger partial charge in [0.15, 0.2) is 4.80 Å². The number of methoxy groups -OCH3 is 1. The van der Waals surface area contributed by atoms with Crippen molar-refractivity contribution < 1.29 is 23.4 Å². The third-order valence-electron chi connectivity index (χ3n) is 7.93. The van der Waals surface area contributed by atoms with Crippen molar-refractivity contribution in [2.24, 2.45) is 4.99 Å². The first-order valence-corrected chi connectivity index (χ1v) is 16.5. The van der Waals surface area contributed by atoms with E-state index in [2.05, 4.69) is 0 Å². The normalized spacial score (nSPS) is 14.6. The highest BCUT2D eigenvalue weighted by Crippen LogP contribution is 2.38. The summed E-state index contributed by atoms with van der Waals surface area (Å²) in [5, 5.41) is 2.23. The van der Waals surface area contributed by atoms with Crippen LogP contribution in [-0.4, -0.2) is 24.3 Å². The fourth-order valence-corrected chi connectivity index (χ4v) is 6.97. The molecule has 0 fully saturated rings. The number of aromatic nitrogens is 1. The van der Waals surface area contributed by atoms with E-state index in [9.17, 15) is 14.0 Å². The molecule has 1 aliphatic rings. The third-order valence-corrected chi connectivity index (χ3v) is 9.14. The van der Waals surface area contributed by atoms with Gasteiger partial charge in [-0.3, -0.25) is 9.36 Å². The topological polar surface area (TPSA) is 79.1 Å². The lowest BCUT2D eigenvalue weighted by atomic mass is 9.93. The van der Waals surface area contributed by atoms with E-state index in [4.69, 9.17) is 30.8 Å². The predicted octanol–water partition coefficient (Wildman–Crippen LogP) is 7.11. The molecule has 0 radical (unpaired) electrons. The summed E-state index contributed by atoms with van der Waals surface area (Å²) in [6.07, 6.45) is 2.99. The van der Waals surface area contributed by atoms with Gasteiger partial charge in [0.2, 0.25) is 0 Å². The number of hydrogen-bond acceptors (Lipinski definition) is 7. The summed E-state index contributed by atoms with van der Waals surface area (Å²) in [6.45, 7) is 3.89. The van der Waals surface area contributed by atoms with Crippen molar-refractivity contribution in [2.45, 2.75) is 39.3 Å². The number of carbonyl (C=O) groups is 1. The van der Waals surface area contributed by atoms with Crippen molar-refractivity contribution in [3.05, 3.63) is 137 Å². The molecular formula is C37H32ClFN2O5S. The number of esters is 1. The van der Waals surface area contributed by atoms with E-state index in [1.165, 1.54) is 29.1 Å². The van der Waals surface area contributed by atoms with Gasteiger partial charge >= 0.3 is 5.97 Å². The molecule has 0 saturated carbocycles. The fourth-order valence-electron chi connectivity index (χ4n) is 5.79. The van der Waals surface area contributed by atoms with Crippen LogP contribution in [0, 0.1) is 5.82 Å². The van der Waals surface area contributed by atoms with Gasteiger partial charge in [0, 0.05) is 21.7 Å². The monoisotopic (exact) mass is 670 g/mol. The lowest BCUT2D eigenvalue weighted by Crippen LogP contribution is -2.40. The number of hydrogen-bond donors (Lipinski definition) is 0. The van der Waals surface area contributed by atoms with Crippen molar-refractivity contribution in [2.75, 3.05) is 13.7 Å². The number of nitrogens with zero attached hydrogens (tertiary/aromatic N) is 2. The van der Waals surface area contributed by atoms with Crippen LogP contribution in [0.4, 0.5) is 4.39 Å². The molecule has 0 spiro atoms. The van der Waals surface area contributed by atoms with Gasteiger partial charge in [-0.1, -0.05) is 84.8 Å². The quantitative estimate of drug-likeness (QED) is 0.148. The van der Waals surface area contributed by atoms with E-state index in [0.29, 0.717) is 61.1 Å². The Kier molecular flexibility index (Phi) is 9.56. The Morgan fingerprint density at radius 1 is 1.04 bits per heavy atom. The summed E-state index contributed by atoms with van der Waals surface area (Å²) < 4.78 is 33.8. The average Bonchev–Trinajstić information content (AvgIpc) is 3.38. The molecule has 0 amide bonds. The highest BCUT2D eigenvalue weighted by molar-refractivity contribution is 7.07. The first-order chi connectivity index (χ1) is 22.8. The molecule has 0 bridgehead atoms. The van der Waals surface area contributed by atoms with Crippen LogP contribution in [0.25, 0.3) is 16.8 Å². The maximum Gasteiger partial charge on any atom is 0.338 e. The highest BCUT2D eigenvalue weighted by atomic mass is 35.5. The Hall–Kier alpha value is -4.73. The fraction of sp³-hybridized carbons (Fsp3) is 0.216. The van der Waals surface area contributed by atoms with Crippen LogP contribution in [0.1, 0.15) is 49.4 Å². The number of carbonyl (C=O) groups excluding carboxylic acids is 1. The molecule has 0 unspecified atom stereocenters. The van der Waals surface area contributed by atoms with E-state index in [1.54, 1.807) is 49.4 Å². The zero-order valence-corrected chi connectivity index (χ0v) is 27.7. The largest absolute Gasteiger partial charge is 0.496 e. The molecule has 10 heteroatoms. The first kappa shape index (κ1) is 32.2. The molecule has 1 atom stereocenters. The Labute approximate surface area is 279 Å². The second-order valence-electron chi connectivity index (χ2n) is 10.9. The van der Waals surface area contributed by atoms with Crippen LogP contribution in [-0.2, 0) is 16.1 Å². The number of thiazole rings is 1. The van der Waals surface area contributed by atoms with Gasteiger partial charge in [-0.15, -0.1) is 0 Å². The number of halogens is 2. The van der Waals surface area contributed by atoms with Crippen LogP contribution in [0.3, 0.4) is 0 Å². The molecule has 0 N–H and O–H groups in total. The minimum Gasteiger partial charge on any atom is -0.496 e. The predicted molar refractivity (Wildman–Crippen MR) is 182 cm³/mol. The molecule has 4 aromatic carbocycles. The molecule has 240 valence electrons. The average molecular weight is 671 g/mol. The summed E-state index contributed by atoms with van der Waals surface area (Å²) in [6, 6.07) is 22.2. The minimum atomic E-state index is -0.896. The molecule has 1 aromatic heterocycles. The van der Waals surface area contributed by atoms with Gasteiger partial charge in [0.25, 0.3) is 5.56 Å². The maximum absolute atomic E-state index is 14.5. The maximum atomic E-state index is 14.5. The Bertz CT molecular complexity index is 2210. The molecule has 0 saturated heterocycles. The summed E-state index contributed by atoms with van der Waals surface area (Å²) in [4.78, 5) is 33.4. The molecule has 0 aliphatic carbocycles. The molecule has 6 rings (SSSR count). The zero-order valence-electron chi connectivity index (χ0n) is 26.1. The number of benzene rings is 4. The van der Waals surface area contributed by atoms with E-state index in [1.807, 2.05) is 43.3 Å². The van der Waals surface area contributed by atoms with Gasteiger partial charge in [-0.2, -0.15) is 0 Å². The second kappa shape index (κ2) is 13.9. The van der Waals surface area contributed by atoms with E-state index in [-0.39, 0.29) is 30.2 Å². The smallest absolute Gasteiger partial charge is 0.338 e. The minimum absolute atomic E-state index is 0.00490. The number of allylic oxidation sites excluding steroid dienone is 1. The molecule has 47 heavy (non-hydrogen) atoms. The van der Waals surface area contributed by atoms with Gasteiger partial charge in [-0.05, 0) is 60.5 Å². The second-order valence-corrected chi connectivity index (χ2v) is 12.3. The van der Waals surface area contributed by atoms with Crippen LogP contribution in [0.5, 0.6) is 11.5 Å². The van der Waals surface area contributed by atoms with Gasteiger partial charge < -0.3 is 14.2 Å². The van der Waals surface area contributed by atoms with Gasteiger partial charge in [-0.25, -0.2) is 14.2 Å². The van der Waals surface area contributed by atoms with Crippen LogP contribution >= 0.6 is 22.9 Å². The summed E-state index contributed by atoms with van der Waals surface area (Å²) in [7, 11) is 1.53. The molecule has 7 nitrogen and oxygen atoms in total. The van der Waals surface area contributed by atoms with Crippen LogP contribution in [0.15, 0.2) is 99.9 Å². The molecule has 5 aromatic rings. The summed E-state index contributed by atoms with van der Waals surface area (Å²) in [5.41, 5.74) is 2.08. The van der Waals surface area contributed by atoms with Crippen molar-refractivity contribution in [3.8, 4) is 11.5 Å². The van der Waals surface area contributed by atoms with Gasteiger partial charge in [0.05, 0.1) is 29.5 Å². The van der Waals surface area contributed by atoms with E-state index in [0.717, 1.165) is 10.8 Å². The van der Waals surface area contributed by atoms with Crippen molar-refractivity contribution in [1.82, 2.24) is 4.57 Å². The van der Waals surface area contributed by atoms with E-state index < -0.39 is 12.0 Å². The number of rotatable bonds is 10.